The zero-order chi connectivity index (χ0) is 37.6. The molecule has 3 atom stereocenters. The van der Waals surface area contributed by atoms with Gasteiger partial charge in [-0.15, -0.1) is 13.2 Å². The van der Waals surface area contributed by atoms with E-state index in [-0.39, 0.29) is 50.4 Å². The van der Waals surface area contributed by atoms with Gasteiger partial charge in [0.05, 0.1) is 24.1 Å². The summed E-state index contributed by atoms with van der Waals surface area (Å²) in [6, 6.07) is 14.7. The van der Waals surface area contributed by atoms with Crippen LogP contribution in [0.2, 0.25) is 0 Å². The molecule has 0 radical (unpaired) electrons. The molecule has 5 rings (SSSR count). The van der Waals surface area contributed by atoms with Gasteiger partial charge in [0.1, 0.15) is 19.3 Å². The Bertz CT molecular complexity index is 1530. The van der Waals surface area contributed by atoms with E-state index in [9.17, 15) is 24.3 Å². The minimum Gasteiger partial charge on any atom is -0.462 e. The molecule has 2 fully saturated rings. The zero-order valence-corrected chi connectivity index (χ0v) is 31.0. The summed E-state index contributed by atoms with van der Waals surface area (Å²) >= 11 is 0. The van der Waals surface area contributed by atoms with Crippen LogP contribution in [0.4, 0.5) is 4.79 Å². The third-order valence-corrected chi connectivity index (χ3v) is 11.2. The lowest BCUT2D eigenvalue weighted by Crippen LogP contribution is -2.50. The molecule has 0 spiro atoms. The number of aliphatic hydroxyl groups is 1. The second-order valence-corrected chi connectivity index (χ2v) is 15.1. The third kappa shape index (κ3) is 10.8. The molecule has 0 unspecified atom stereocenters. The summed E-state index contributed by atoms with van der Waals surface area (Å²) in [7, 11) is 0. The summed E-state index contributed by atoms with van der Waals surface area (Å²) in [6.45, 7) is 7.49. The topological polar surface area (TPSA) is 143 Å². The molecule has 2 saturated carbocycles. The van der Waals surface area contributed by atoms with Crippen LogP contribution < -0.4 is 16.0 Å². The predicted octanol–water partition coefficient (Wildman–Crippen LogP) is 6.86. The predicted molar refractivity (Wildman–Crippen MR) is 205 cm³/mol. The third-order valence-electron chi connectivity index (χ3n) is 11.2. The smallest absolute Gasteiger partial charge is 0.407 e. The van der Waals surface area contributed by atoms with Gasteiger partial charge in [-0.25, -0.2) is 9.59 Å². The summed E-state index contributed by atoms with van der Waals surface area (Å²) in [4.78, 5) is 53.5. The standard InChI is InChI=1S/C43H57N3O7/c1-3-5-22-38(45-42(51)53-28-37-35-20-11-9-18-33(35)34-19-10-12-21-36(34)37)41(50)52-27-32(25-30-16-7-6-8-17-30)44-40(49)31(15-4-2)26-39(48)46-43(29-47)23-13-14-24-43/h3-4,9-12,18-21,30-32,37-38,47H,1-2,5-8,13-17,22-29H2,(H,44,49)(H,45,51)(H,46,48)/t31-,32+,38+/m1/s1. The first kappa shape index (κ1) is 39.8. The maximum absolute atomic E-state index is 13.7. The quantitative estimate of drug-likeness (QED) is 0.0915. The minimum absolute atomic E-state index is 0.0385. The monoisotopic (exact) mass is 727 g/mol. The van der Waals surface area contributed by atoms with Gasteiger partial charge in [0.2, 0.25) is 11.8 Å². The average molecular weight is 728 g/mol. The molecule has 3 aliphatic carbocycles. The Hall–Kier alpha value is -4.44. The van der Waals surface area contributed by atoms with Crippen molar-refractivity contribution in [3.63, 3.8) is 0 Å². The molecular formula is C43H57N3O7. The molecule has 10 nitrogen and oxygen atoms in total. The van der Waals surface area contributed by atoms with E-state index in [4.69, 9.17) is 9.47 Å². The van der Waals surface area contributed by atoms with Crippen molar-refractivity contribution in [2.24, 2.45) is 11.8 Å². The largest absolute Gasteiger partial charge is 0.462 e. The van der Waals surface area contributed by atoms with Gasteiger partial charge in [-0.05, 0) is 66.7 Å². The first-order valence-corrected chi connectivity index (χ1v) is 19.5. The van der Waals surface area contributed by atoms with E-state index in [1.54, 1.807) is 12.2 Å². The van der Waals surface area contributed by atoms with Gasteiger partial charge < -0.3 is 30.5 Å². The van der Waals surface area contributed by atoms with E-state index in [0.717, 1.165) is 60.8 Å². The highest BCUT2D eigenvalue weighted by Crippen LogP contribution is 2.44. The molecule has 3 amide bonds. The summed E-state index contributed by atoms with van der Waals surface area (Å²) in [6.07, 6.45) is 13.0. The number of amides is 3. The van der Waals surface area contributed by atoms with Crippen molar-refractivity contribution >= 4 is 23.9 Å². The van der Waals surface area contributed by atoms with E-state index < -0.39 is 35.6 Å². The van der Waals surface area contributed by atoms with Gasteiger partial charge in [0, 0.05) is 12.3 Å². The highest BCUT2D eigenvalue weighted by Gasteiger charge is 2.36. The first-order chi connectivity index (χ1) is 25.8. The molecule has 286 valence electrons. The highest BCUT2D eigenvalue weighted by molar-refractivity contribution is 5.86. The van der Waals surface area contributed by atoms with E-state index in [1.807, 2.05) is 36.4 Å². The lowest BCUT2D eigenvalue weighted by atomic mass is 9.84. The fraction of sp³-hybridized carbons (Fsp3) is 0.535. The lowest BCUT2D eigenvalue weighted by molar-refractivity contribution is -0.148. The van der Waals surface area contributed by atoms with Crippen LogP contribution in [0.5, 0.6) is 0 Å². The van der Waals surface area contributed by atoms with Crippen LogP contribution in [-0.2, 0) is 23.9 Å². The molecule has 10 heteroatoms. The lowest BCUT2D eigenvalue weighted by Gasteiger charge is -2.30. The fourth-order valence-corrected chi connectivity index (χ4v) is 8.34. The first-order valence-electron chi connectivity index (χ1n) is 19.5. The maximum atomic E-state index is 13.7. The molecule has 0 saturated heterocycles. The van der Waals surface area contributed by atoms with Crippen LogP contribution in [0.15, 0.2) is 73.8 Å². The maximum Gasteiger partial charge on any atom is 0.407 e. The number of allylic oxidation sites excluding steroid dienone is 2. The van der Waals surface area contributed by atoms with Crippen molar-refractivity contribution < 1.29 is 33.8 Å². The second kappa shape index (κ2) is 19.6. The van der Waals surface area contributed by atoms with E-state index >= 15 is 0 Å². The number of esters is 1. The number of fused-ring (bicyclic) bond motifs is 3. The molecular weight excluding hydrogens is 670 g/mol. The number of carbonyl (C=O) groups is 4. The van der Waals surface area contributed by atoms with Crippen LogP contribution in [0.1, 0.15) is 107 Å². The van der Waals surface area contributed by atoms with Gasteiger partial charge in [-0.3, -0.25) is 9.59 Å². The molecule has 4 N–H and O–H groups in total. The number of benzene rings is 2. The van der Waals surface area contributed by atoms with Gasteiger partial charge >= 0.3 is 12.1 Å². The van der Waals surface area contributed by atoms with Crippen LogP contribution in [0.3, 0.4) is 0 Å². The minimum atomic E-state index is -0.971. The Morgan fingerprint density at radius 3 is 2.15 bits per heavy atom. The van der Waals surface area contributed by atoms with E-state index in [2.05, 4.69) is 41.2 Å². The van der Waals surface area contributed by atoms with Crippen molar-refractivity contribution in [2.75, 3.05) is 19.8 Å². The van der Waals surface area contributed by atoms with Crippen LogP contribution in [-0.4, -0.2) is 66.4 Å². The van der Waals surface area contributed by atoms with Crippen molar-refractivity contribution in [3.8, 4) is 11.1 Å². The SMILES string of the molecule is C=CCC[C@H](NC(=O)OCC1c2ccccc2-c2ccccc21)C(=O)OC[C@H](CC1CCCCC1)NC(=O)[C@H](CC=C)CC(=O)NC1(CO)CCCC1. The Morgan fingerprint density at radius 1 is 0.868 bits per heavy atom. The van der Waals surface area contributed by atoms with Gasteiger partial charge in [0.25, 0.3) is 0 Å². The molecule has 0 aliphatic heterocycles. The normalized spacial score (nSPS) is 18.1. The highest BCUT2D eigenvalue weighted by atomic mass is 16.6. The van der Waals surface area contributed by atoms with E-state index in [1.165, 1.54) is 6.42 Å². The number of hydrogen-bond acceptors (Lipinski definition) is 7. The van der Waals surface area contributed by atoms with Crippen molar-refractivity contribution in [2.45, 2.75) is 113 Å². The zero-order valence-electron chi connectivity index (χ0n) is 31.0. The fourth-order valence-electron chi connectivity index (χ4n) is 8.34. The molecule has 3 aliphatic rings. The molecule has 2 aromatic rings. The number of ether oxygens (including phenoxy) is 2. The number of alkyl carbamates (subject to hydrolysis) is 1. The summed E-state index contributed by atoms with van der Waals surface area (Å²) in [5, 5.41) is 18.8. The second-order valence-electron chi connectivity index (χ2n) is 15.1. The van der Waals surface area contributed by atoms with Gasteiger partial charge in [-0.1, -0.05) is 106 Å². The molecule has 2 aromatic carbocycles. The summed E-state index contributed by atoms with van der Waals surface area (Å²) in [5.41, 5.74) is 3.80. The number of carbonyl (C=O) groups excluding carboxylic acids is 4. The Balaban J connectivity index is 1.19. The van der Waals surface area contributed by atoms with Crippen molar-refractivity contribution in [1.82, 2.24) is 16.0 Å². The molecule has 0 heterocycles. The van der Waals surface area contributed by atoms with Crippen LogP contribution in [0, 0.1) is 11.8 Å². The Labute approximate surface area is 314 Å². The average Bonchev–Trinajstić information content (AvgIpc) is 3.77. The van der Waals surface area contributed by atoms with Crippen LogP contribution >= 0.6 is 0 Å². The van der Waals surface area contributed by atoms with Crippen molar-refractivity contribution in [1.29, 1.82) is 0 Å². The summed E-state index contributed by atoms with van der Waals surface area (Å²) < 4.78 is 11.5. The van der Waals surface area contributed by atoms with Crippen molar-refractivity contribution in [3.05, 3.63) is 85.0 Å². The van der Waals surface area contributed by atoms with E-state index in [0.29, 0.717) is 38.0 Å². The number of nitrogens with one attached hydrogen (secondary N) is 3. The number of rotatable bonds is 19. The van der Waals surface area contributed by atoms with Gasteiger partial charge in [0.15, 0.2) is 0 Å². The van der Waals surface area contributed by atoms with Crippen LogP contribution in [0.25, 0.3) is 11.1 Å². The Kier molecular flexibility index (Phi) is 14.7. The Morgan fingerprint density at radius 2 is 1.53 bits per heavy atom. The molecule has 0 aromatic heterocycles. The van der Waals surface area contributed by atoms with Gasteiger partial charge in [-0.2, -0.15) is 0 Å². The molecule has 53 heavy (non-hydrogen) atoms. The molecule has 0 bridgehead atoms. The number of hydrogen-bond donors (Lipinski definition) is 4. The summed E-state index contributed by atoms with van der Waals surface area (Å²) in [5.74, 6) is -1.61. The number of aliphatic hydroxyl groups excluding tert-OH is 1.